The minimum atomic E-state index is -0.920. The maximum Gasteiger partial charge on any atom is 0.335 e. The van der Waals surface area contributed by atoms with E-state index in [1.807, 2.05) is 35.0 Å². The molecule has 20 heavy (non-hydrogen) atoms. The first-order valence-electron chi connectivity index (χ1n) is 6.22. The molecule has 0 unspecified atom stereocenters. The van der Waals surface area contributed by atoms with E-state index in [1.165, 1.54) is 0 Å². The summed E-state index contributed by atoms with van der Waals surface area (Å²) < 4.78 is 1.96. The van der Waals surface area contributed by atoms with E-state index in [1.54, 1.807) is 24.3 Å². The summed E-state index contributed by atoms with van der Waals surface area (Å²) in [5.74, 6) is -0.920. The molecule has 0 radical (unpaired) electrons. The van der Waals surface area contributed by atoms with Gasteiger partial charge in [0.25, 0.3) is 0 Å². The van der Waals surface area contributed by atoms with Gasteiger partial charge in [-0.05, 0) is 36.4 Å². The van der Waals surface area contributed by atoms with Crippen molar-refractivity contribution in [3.05, 3.63) is 66.1 Å². The summed E-state index contributed by atoms with van der Waals surface area (Å²) in [6, 6.07) is 12.5. The highest BCUT2D eigenvalue weighted by molar-refractivity contribution is 5.87. The van der Waals surface area contributed by atoms with Crippen LogP contribution in [0.5, 0.6) is 0 Å². The number of fused-ring (bicyclic) bond motifs is 1. The summed E-state index contributed by atoms with van der Waals surface area (Å²) in [7, 11) is 0. The maximum absolute atomic E-state index is 10.8. The van der Waals surface area contributed by atoms with Crippen LogP contribution in [0.2, 0.25) is 0 Å². The van der Waals surface area contributed by atoms with E-state index in [9.17, 15) is 4.79 Å². The fraction of sp³-hybridized carbons (Fsp3) is 0.0667. The average Bonchev–Trinajstić information content (AvgIpc) is 2.88. The number of carboxylic acid groups (broad SMARTS) is 1. The Morgan fingerprint density at radius 1 is 1.20 bits per heavy atom. The van der Waals surface area contributed by atoms with Gasteiger partial charge < -0.3 is 14.8 Å². The lowest BCUT2D eigenvalue weighted by molar-refractivity contribution is 0.0697. The number of carbonyl (C=O) groups is 1. The molecule has 0 spiro atoms. The third-order valence-electron chi connectivity index (χ3n) is 3.02. The molecule has 0 amide bonds. The zero-order valence-electron chi connectivity index (χ0n) is 10.7. The number of hydrogen-bond donors (Lipinski definition) is 2. The second-order valence-corrected chi connectivity index (χ2v) is 4.43. The van der Waals surface area contributed by atoms with Crippen LogP contribution in [-0.4, -0.2) is 20.5 Å². The Hall–Kier alpha value is -2.82. The molecule has 100 valence electrons. The molecule has 1 aromatic carbocycles. The first-order chi connectivity index (χ1) is 9.72. The van der Waals surface area contributed by atoms with Crippen molar-refractivity contribution >= 4 is 17.3 Å². The molecule has 0 aliphatic carbocycles. The highest BCUT2D eigenvalue weighted by Crippen LogP contribution is 2.11. The molecular formula is C15H13N3O2. The predicted octanol–water partition coefficient (Wildman–Crippen LogP) is 2.64. The van der Waals surface area contributed by atoms with E-state index in [2.05, 4.69) is 10.3 Å². The van der Waals surface area contributed by atoms with E-state index < -0.39 is 5.97 Å². The molecule has 3 aromatic rings. The van der Waals surface area contributed by atoms with E-state index in [0.717, 1.165) is 17.0 Å². The van der Waals surface area contributed by atoms with Gasteiger partial charge in [-0.3, -0.25) is 0 Å². The zero-order valence-corrected chi connectivity index (χ0v) is 10.7. The van der Waals surface area contributed by atoms with Gasteiger partial charge in [-0.15, -0.1) is 0 Å². The minimum absolute atomic E-state index is 0.281. The molecule has 0 atom stereocenters. The minimum Gasteiger partial charge on any atom is -0.478 e. The topological polar surface area (TPSA) is 66.6 Å². The number of hydrogen-bond acceptors (Lipinski definition) is 3. The van der Waals surface area contributed by atoms with Gasteiger partial charge in [-0.25, -0.2) is 9.78 Å². The van der Waals surface area contributed by atoms with Gasteiger partial charge in [-0.1, -0.05) is 6.07 Å². The summed E-state index contributed by atoms with van der Waals surface area (Å²) in [4.78, 5) is 15.2. The molecule has 0 fully saturated rings. The van der Waals surface area contributed by atoms with E-state index in [0.29, 0.717) is 6.54 Å². The van der Waals surface area contributed by atoms with Crippen LogP contribution in [0.4, 0.5) is 5.69 Å². The Balaban J connectivity index is 1.71. The van der Waals surface area contributed by atoms with Crippen LogP contribution in [0, 0.1) is 0 Å². The molecule has 5 nitrogen and oxygen atoms in total. The number of anilines is 1. The van der Waals surface area contributed by atoms with Gasteiger partial charge >= 0.3 is 5.97 Å². The molecule has 5 heteroatoms. The second kappa shape index (κ2) is 5.05. The Kier molecular flexibility index (Phi) is 3.09. The number of rotatable bonds is 4. The normalized spacial score (nSPS) is 10.6. The predicted molar refractivity (Wildman–Crippen MR) is 75.9 cm³/mol. The SMILES string of the molecule is O=C(O)c1ccc(NCc2cn3ccccc3n2)cc1. The van der Waals surface area contributed by atoms with Gasteiger partial charge in [0, 0.05) is 18.1 Å². The van der Waals surface area contributed by atoms with Crippen LogP contribution in [-0.2, 0) is 6.54 Å². The van der Waals surface area contributed by atoms with Crippen molar-refractivity contribution in [1.82, 2.24) is 9.38 Å². The standard InChI is InChI=1S/C15H13N3O2/c19-15(20)11-4-6-12(7-5-11)16-9-13-10-18-8-2-1-3-14(18)17-13/h1-8,10,16H,9H2,(H,19,20). The van der Waals surface area contributed by atoms with Crippen LogP contribution in [0.3, 0.4) is 0 Å². The largest absolute Gasteiger partial charge is 0.478 e. The number of aromatic nitrogens is 2. The Bertz CT molecular complexity index is 714. The van der Waals surface area contributed by atoms with Gasteiger partial charge in [0.1, 0.15) is 5.65 Å². The van der Waals surface area contributed by atoms with Crippen LogP contribution >= 0.6 is 0 Å². The fourth-order valence-electron chi connectivity index (χ4n) is 2.00. The summed E-state index contributed by atoms with van der Waals surface area (Å²) >= 11 is 0. The van der Waals surface area contributed by atoms with Crippen LogP contribution in [0.1, 0.15) is 16.1 Å². The number of carboxylic acids is 1. The molecule has 2 aromatic heterocycles. The van der Waals surface area contributed by atoms with E-state index in [-0.39, 0.29) is 5.56 Å². The fourth-order valence-corrected chi connectivity index (χ4v) is 2.00. The highest BCUT2D eigenvalue weighted by Gasteiger charge is 2.03. The monoisotopic (exact) mass is 267 g/mol. The Morgan fingerprint density at radius 2 is 2.00 bits per heavy atom. The number of nitrogens with one attached hydrogen (secondary N) is 1. The van der Waals surface area contributed by atoms with Gasteiger partial charge in [-0.2, -0.15) is 0 Å². The van der Waals surface area contributed by atoms with Gasteiger partial charge in [0.2, 0.25) is 0 Å². The number of imidazole rings is 1. The van der Waals surface area contributed by atoms with Crippen LogP contribution < -0.4 is 5.32 Å². The molecule has 2 heterocycles. The van der Waals surface area contributed by atoms with Crippen molar-refractivity contribution in [2.24, 2.45) is 0 Å². The first-order valence-corrected chi connectivity index (χ1v) is 6.22. The third-order valence-corrected chi connectivity index (χ3v) is 3.02. The third kappa shape index (κ3) is 2.47. The number of benzene rings is 1. The highest BCUT2D eigenvalue weighted by atomic mass is 16.4. The zero-order chi connectivity index (χ0) is 13.9. The number of nitrogens with zero attached hydrogens (tertiary/aromatic N) is 2. The van der Waals surface area contributed by atoms with Gasteiger partial charge in [0.15, 0.2) is 0 Å². The summed E-state index contributed by atoms with van der Waals surface area (Å²) in [6.07, 6.45) is 3.92. The molecule has 0 bridgehead atoms. The van der Waals surface area contributed by atoms with Crippen molar-refractivity contribution in [2.75, 3.05) is 5.32 Å². The van der Waals surface area contributed by atoms with Crippen molar-refractivity contribution in [2.45, 2.75) is 6.54 Å². The van der Waals surface area contributed by atoms with E-state index in [4.69, 9.17) is 5.11 Å². The summed E-state index contributed by atoms with van der Waals surface area (Å²) in [5, 5.41) is 12.1. The lowest BCUT2D eigenvalue weighted by atomic mass is 10.2. The lowest BCUT2D eigenvalue weighted by Gasteiger charge is -2.04. The number of aromatic carboxylic acids is 1. The van der Waals surface area contributed by atoms with E-state index >= 15 is 0 Å². The number of pyridine rings is 1. The van der Waals surface area contributed by atoms with Gasteiger partial charge in [0.05, 0.1) is 17.8 Å². The summed E-state index contributed by atoms with van der Waals surface area (Å²) in [5.41, 5.74) is 2.99. The quantitative estimate of drug-likeness (QED) is 0.762. The molecule has 3 rings (SSSR count). The van der Waals surface area contributed by atoms with Crippen molar-refractivity contribution in [3.63, 3.8) is 0 Å². The first kappa shape index (κ1) is 12.2. The average molecular weight is 267 g/mol. The van der Waals surface area contributed by atoms with Crippen molar-refractivity contribution in [1.29, 1.82) is 0 Å². The molecule has 2 N–H and O–H groups in total. The lowest BCUT2D eigenvalue weighted by Crippen LogP contribution is -2.01. The Labute approximate surface area is 115 Å². The molecular weight excluding hydrogens is 254 g/mol. The smallest absolute Gasteiger partial charge is 0.335 e. The molecule has 0 saturated heterocycles. The maximum atomic E-state index is 10.8. The molecule has 0 aliphatic rings. The molecule has 0 aliphatic heterocycles. The van der Waals surface area contributed by atoms with Crippen LogP contribution in [0.15, 0.2) is 54.9 Å². The second-order valence-electron chi connectivity index (χ2n) is 4.43. The van der Waals surface area contributed by atoms with Crippen molar-refractivity contribution in [3.8, 4) is 0 Å². The van der Waals surface area contributed by atoms with Crippen LogP contribution in [0.25, 0.3) is 5.65 Å². The Morgan fingerprint density at radius 3 is 2.70 bits per heavy atom. The molecule has 0 saturated carbocycles. The van der Waals surface area contributed by atoms with Crippen molar-refractivity contribution < 1.29 is 9.90 Å². The summed E-state index contributed by atoms with van der Waals surface area (Å²) in [6.45, 7) is 0.591.